The fraction of sp³-hybridized carbons (Fsp3) is 0.423. The van der Waals surface area contributed by atoms with Crippen LogP contribution in [-0.4, -0.2) is 23.4 Å². The summed E-state index contributed by atoms with van der Waals surface area (Å²) in [5.41, 5.74) is 3.81. The largest absolute Gasteiger partial charge is 0.346 e. The molecule has 1 aliphatic carbocycles. The highest BCUT2D eigenvalue weighted by Gasteiger charge is 2.29. The van der Waals surface area contributed by atoms with E-state index in [4.69, 9.17) is 5.41 Å². The van der Waals surface area contributed by atoms with Gasteiger partial charge in [-0.05, 0) is 62.1 Å². The molecule has 1 fully saturated rings. The number of hydrogen-bond acceptors (Lipinski definition) is 3. The Kier molecular flexibility index (Phi) is 7.56. The third-order valence-electron chi connectivity index (χ3n) is 6.20. The minimum Gasteiger partial charge on any atom is -0.346 e. The third-order valence-corrected chi connectivity index (χ3v) is 6.20. The van der Waals surface area contributed by atoms with Gasteiger partial charge in [-0.1, -0.05) is 61.0 Å². The zero-order chi connectivity index (χ0) is 21.5. The summed E-state index contributed by atoms with van der Waals surface area (Å²) in [6.07, 6.45) is 4.98. The van der Waals surface area contributed by atoms with Crippen molar-refractivity contribution in [2.45, 2.75) is 64.3 Å². The molecule has 0 spiro atoms. The van der Waals surface area contributed by atoms with Gasteiger partial charge in [0.05, 0.1) is 6.04 Å². The molecule has 30 heavy (non-hydrogen) atoms. The van der Waals surface area contributed by atoms with E-state index in [1.54, 1.807) is 13.8 Å². The summed E-state index contributed by atoms with van der Waals surface area (Å²) in [5.74, 6) is 0.485. The van der Waals surface area contributed by atoms with Crippen molar-refractivity contribution in [1.29, 1.82) is 5.41 Å². The Labute approximate surface area is 179 Å². The summed E-state index contributed by atoms with van der Waals surface area (Å²) in [5, 5.41) is 10.6. The number of carbonyl (C=O) groups is 2. The molecule has 0 radical (unpaired) electrons. The van der Waals surface area contributed by atoms with Crippen molar-refractivity contribution >= 4 is 17.4 Å². The van der Waals surface area contributed by atoms with Gasteiger partial charge in [0.1, 0.15) is 0 Å². The Morgan fingerprint density at radius 2 is 1.77 bits per heavy atom. The van der Waals surface area contributed by atoms with Gasteiger partial charge in [-0.25, -0.2) is 0 Å². The van der Waals surface area contributed by atoms with Gasteiger partial charge in [0.2, 0.25) is 5.91 Å². The smallest absolute Gasteiger partial charge is 0.223 e. The summed E-state index contributed by atoms with van der Waals surface area (Å²) < 4.78 is 0. The number of benzene rings is 2. The number of aryl methyl sites for hydroxylation is 1. The van der Waals surface area contributed by atoms with E-state index >= 15 is 0 Å². The zero-order valence-electron chi connectivity index (χ0n) is 18.0. The summed E-state index contributed by atoms with van der Waals surface area (Å²) in [7, 11) is 0. The van der Waals surface area contributed by atoms with Crippen LogP contribution in [0.5, 0.6) is 0 Å². The standard InChI is InChI=1S/C26H32N2O2/c1-18(27)21-14-11-20(12-15-21)13-16-25(29)19(2)28-26(30)24-10-6-9-23(17-24)22-7-4-3-5-8-22/h3-5,7-8,11-12,14-15,19,23-24,27H,6,9-10,13,16-17H2,1-2H3,(H,28,30)/t19-,23-,24+/m0/s1. The van der Waals surface area contributed by atoms with Gasteiger partial charge in [0.25, 0.3) is 0 Å². The molecule has 3 rings (SSSR count). The molecule has 4 heteroatoms. The van der Waals surface area contributed by atoms with Gasteiger partial charge in [-0.15, -0.1) is 0 Å². The molecule has 0 heterocycles. The van der Waals surface area contributed by atoms with Crippen LogP contribution in [0.1, 0.15) is 68.6 Å². The third kappa shape index (κ3) is 5.88. The van der Waals surface area contributed by atoms with Crippen molar-refractivity contribution in [1.82, 2.24) is 5.32 Å². The second-order valence-corrected chi connectivity index (χ2v) is 8.49. The maximum Gasteiger partial charge on any atom is 0.223 e. The molecular formula is C26H32N2O2. The number of carbonyl (C=O) groups excluding carboxylic acids is 2. The van der Waals surface area contributed by atoms with E-state index in [0.717, 1.165) is 36.8 Å². The van der Waals surface area contributed by atoms with Crippen LogP contribution in [0.2, 0.25) is 0 Å². The summed E-state index contributed by atoms with van der Waals surface area (Å²) in [4.78, 5) is 25.3. The predicted molar refractivity (Wildman–Crippen MR) is 121 cm³/mol. The van der Waals surface area contributed by atoms with Crippen LogP contribution in [-0.2, 0) is 16.0 Å². The first-order valence-corrected chi connectivity index (χ1v) is 11.0. The molecule has 2 aromatic rings. The summed E-state index contributed by atoms with van der Waals surface area (Å²) in [6, 6.07) is 17.7. The van der Waals surface area contributed by atoms with Crippen LogP contribution in [0.3, 0.4) is 0 Å². The molecule has 4 nitrogen and oxygen atoms in total. The van der Waals surface area contributed by atoms with Crippen LogP contribution in [0, 0.1) is 11.3 Å². The topological polar surface area (TPSA) is 70.0 Å². The minimum atomic E-state index is -0.460. The molecule has 158 valence electrons. The molecular weight excluding hydrogens is 372 g/mol. The number of nitrogens with one attached hydrogen (secondary N) is 2. The van der Waals surface area contributed by atoms with Gasteiger partial charge in [0.15, 0.2) is 5.78 Å². The maximum absolute atomic E-state index is 12.8. The maximum atomic E-state index is 12.8. The van der Waals surface area contributed by atoms with Crippen LogP contribution in [0.15, 0.2) is 54.6 Å². The highest BCUT2D eigenvalue weighted by atomic mass is 16.2. The van der Waals surface area contributed by atoms with Crippen molar-refractivity contribution in [3.05, 3.63) is 71.3 Å². The van der Waals surface area contributed by atoms with Crippen LogP contribution in [0.25, 0.3) is 0 Å². The fourth-order valence-corrected chi connectivity index (χ4v) is 4.27. The van der Waals surface area contributed by atoms with E-state index in [1.165, 1.54) is 5.56 Å². The number of amides is 1. The summed E-state index contributed by atoms with van der Waals surface area (Å²) in [6.45, 7) is 3.55. The Hall–Kier alpha value is -2.75. The lowest BCUT2D eigenvalue weighted by molar-refractivity contribution is -0.130. The summed E-state index contributed by atoms with van der Waals surface area (Å²) >= 11 is 0. The van der Waals surface area contributed by atoms with E-state index in [0.29, 0.717) is 24.5 Å². The highest BCUT2D eigenvalue weighted by Crippen LogP contribution is 2.36. The van der Waals surface area contributed by atoms with Gasteiger partial charge >= 0.3 is 0 Å². The molecule has 1 amide bonds. The van der Waals surface area contributed by atoms with Gasteiger partial charge in [-0.3, -0.25) is 9.59 Å². The van der Waals surface area contributed by atoms with Crippen LogP contribution >= 0.6 is 0 Å². The average molecular weight is 405 g/mol. The van der Waals surface area contributed by atoms with Gasteiger partial charge < -0.3 is 10.7 Å². The Balaban J connectivity index is 1.48. The van der Waals surface area contributed by atoms with E-state index in [9.17, 15) is 9.59 Å². The normalized spacial score (nSPS) is 19.7. The van der Waals surface area contributed by atoms with Gasteiger partial charge in [0, 0.05) is 18.1 Å². The second kappa shape index (κ2) is 10.3. The minimum absolute atomic E-state index is 0.0160. The predicted octanol–water partition coefficient (Wildman–Crippen LogP) is 5.05. The quantitative estimate of drug-likeness (QED) is 0.604. The lowest BCUT2D eigenvalue weighted by Crippen LogP contribution is -2.42. The molecule has 1 saturated carbocycles. The van der Waals surface area contributed by atoms with E-state index in [1.807, 2.05) is 30.3 Å². The fourth-order valence-electron chi connectivity index (χ4n) is 4.27. The average Bonchev–Trinajstić information content (AvgIpc) is 2.78. The number of hydrogen-bond donors (Lipinski definition) is 2. The van der Waals surface area contributed by atoms with Crippen molar-refractivity contribution < 1.29 is 9.59 Å². The van der Waals surface area contributed by atoms with E-state index in [-0.39, 0.29) is 17.6 Å². The lowest BCUT2D eigenvalue weighted by atomic mass is 9.77. The molecule has 0 aliphatic heterocycles. The zero-order valence-corrected chi connectivity index (χ0v) is 18.0. The molecule has 0 bridgehead atoms. The lowest BCUT2D eigenvalue weighted by Gasteiger charge is -2.29. The first-order valence-electron chi connectivity index (χ1n) is 11.0. The van der Waals surface area contributed by atoms with E-state index in [2.05, 4.69) is 29.6 Å². The number of ketones is 1. The first kappa shape index (κ1) is 21.9. The number of Topliss-reactive ketones (excluding diaryl/α,β-unsaturated/α-hetero) is 1. The monoisotopic (exact) mass is 404 g/mol. The molecule has 0 aromatic heterocycles. The van der Waals surface area contributed by atoms with Gasteiger partial charge in [-0.2, -0.15) is 0 Å². The molecule has 3 atom stereocenters. The Morgan fingerprint density at radius 1 is 1.07 bits per heavy atom. The molecule has 2 N–H and O–H groups in total. The number of rotatable bonds is 8. The van der Waals surface area contributed by atoms with E-state index < -0.39 is 6.04 Å². The van der Waals surface area contributed by atoms with Crippen molar-refractivity contribution in [2.75, 3.05) is 0 Å². The molecule has 1 aliphatic rings. The second-order valence-electron chi connectivity index (χ2n) is 8.49. The van der Waals surface area contributed by atoms with Crippen molar-refractivity contribution in [3.8, 4) is 0 Å². The molecule has 0 saturated heterocycles. The van der Waals surface area contributed by atoms with Crippen molar-refractivity contribution in [2.24, 2.45) is 5.92 Å². The van der Waals surface area contributed by atoms with Crippen LogP contribution < -0.4 is 5.32 Å². The Bertz CT molecular complexity index is 874. The molecule has 2 aromatic carbocycles. The van der Waals surface area contributed by atoms with Crippen molar-refractivity contribution in [3.63, 3.8) is 0 Å². The SMILES string of the molecule is CC(=N)c1ccc(CCC(=O)[C@H](C)NC(=O)[C@@H]2CCC[C@H](c3ccccc3)C2)cc1. The van der Waals surface area contributed by atoms with Crippen LogP contribution in [0.4, 0.5) is 0 Å². The highest BCUT2D eigenvalue weighted by molar-refractivity contribution is 5.96. The Morgan fingerprint density at radius 3 is 2.43 bits per heavy atom. The molecule has 0 unspecified atom stereocenters. The first-order chi connectivity index (χ1) is 14.4.